The maximum atomic E-state index is 2.52. The molecule has 3 aliphatic rings. The van der Waals surface area contributed by atoms with Gasteiger partial charge in [0.05, 0.1) is 0 Å². The van der Waals surface area contributed by atoms with Crippen LogP contribution in [-0.4, -0.2) is 0 Å². The molecule has 0 nitrogen and oxygen atoms in total. The van der Waals surface area contributed by atoms with Crippen LogP contribution in [0.5, 0.6) is 0 Å². The van der Waals surface area contributed by atoms with E-state index in [2.05, 4.69) is 83.1 Å². The van der Waals surface area contributed by atoms with E-state index in [1.807, 2.05) is 0 Å². The van der Waals surface area contributed by atoms with Crippen LogP contribution in [-0.2, 0) is 0 Å². The molecule has 0 unspecified atom stereocenters. The van der Waals surface area contributed by atoms with Gasteiger partial charge in [-0.05, 0) is 58.2 Å². The van der Waals surface area contributed by atoms with Gasteiger partial charge in [0.25, 0.3) is 0 Å². The second-order valence-corrected chi connectivity index (χ2v) is 12.7. The highest BCUT2D eigenvalue weighted by atomic mass is 14.6. The monoisotopic (exact) mass is 356 g/mol. The third-order valence-electron chi connectivity index (χ3n) is 11.2. The molecule has 0 aliphatic heterocycles. The van der Waals surface area contributed by atoms with E-state index < -0.39 is 0 Å². The molecular formula is C26H44. The molecule has 0 saturated heterocycles. The lowest BCUT2D eigenvalue weighted by Gasteiger charge is -2.47. The van der Waals surface area contributed by atoms with Gasteiger partial charge in [0.2, 0.25) is 0 Å². The lowest BCUT2D eigenvalue weighted by molar-refractivity contribution is 0.0533. The molecule has 0 aromatic heterocycles. The minimum atomic E-state index is 0.289. The maximum Gasteiger partial charge on any atom is -0.00824 e. The fourth-order valence-electron chi connectivity index (χ4n) is 6.93. The Bertz CT molecular complexity index is 580. The van der Waals surface area contributed by atoms with E-state index in [9.17, 15) is 0 Å². The summed E-state index contributed by atoms with van der Waals surface area (Å²) in [5.41, 5.74) is 8.93. The summed E-state index contributed by atoms with van der Waals surface area (Å²) in [5, 5.41) is 0. The van der Waals surface area contributed by atoms with E-state index >= 15 is 0 Å². The average molecular weight is 357 g/mol. The number of allylic oxidation sites excluding steroid dienone is 4. The van der Waals surface area contributed by atoms with Crippen molar-refractivity contribution < 1.29 is 0 Å². The summed E-state index contributed by atoms with van der Waals surface area (Å²) in [4.78, 5) is 0. The van der Waals surface area contributed by atoms with Gasteiger partial charge in [-0.3, -0.25) is 0 Å². The van der Waals surface area contributed by atoms with E-state index in [-0.39, 0.29) is 21.7 Å². The highest BCUT2D eigenvalue weighted by Gasteiger charge is 2.60. The molecule has 0 fully saturated rings. The van der Waals surface area contributed by atoms with Crippen molar-refractivity contribution in [1.29, 1.82) is 0 Å². The largest absolute Gasteiger partial charge is 0.0639 e. The predicted molar refractivity (Wildman–Crippen MR) is 115 cm³/mol. The van der Waals surface area contributed by atoms with Crippen LogP contribution in [0, 0.1) is 32.5 Å². The summed E-state index contributed by atoms with van der Waals surface area (Å²) < 4.78 is 0. The van der Waals surface area contributed by atoms with Crippen LogP contribution in [0.2, 0.25) is 0 Å². The Hall–Kier alpha value is -0.520. The SMILES string of the molecule is CC1(C)C2=C(CCC3=C(CC2)C(C)(C)C(C)(C)C3(C)C)C(C)(C)C1(C)C. The Balaban J connectivity index is 2.10. The van der Waals surface area contributed by atoms with Gasteiger partial charge in [-0.2, -0.15) is 0 Å². The summed E-state index contributed by atoms with van der Waals surface area (Å²) in [6.45, 7) is 30.2. The molecule has 0 saturated carbocycles. The Morgan fingerprint density at radius 2 is 0.500 bits per heavy atom. The van der Waals surface area contributed by atoms with E-state index in [0.29, 0.717) is 10.8 Å². The van der Waals surface area contributed by atoms with Crippen LogP contribution in [0.1, 0.15) is 109 Å². The third-order valence-corrected chi connectivity index (χ3v) is 11.2. The van der Waals surface area contributed by atoms with E-state index in [1.165, 1.54) is 25.7 Å². The molecule has 0 radical (unpaired) electrons. The molecule has 0 aromatic rings. The lowest BCUT2D eigenvalue weighted by Crippen LogP contribution is -2.40. The first-order valence-corrected chi connectivity index (χ1v) is 10.9. The molecule has 0 heteroatoms. The van der Waals surface area contributed by atoms with Gasteiger partial charge in [-0.25, -0.2) is 0 Å². The van der Waals surface area contributed by atoms with Crippen molar-refractivity contribution in [2.45, 2.75) is 109 Å². The van der Waals surface area contributed by atoms with Crippen LogP contribution in [0.15, 0.2) is 22.3 Å². The second kappa shape index (κ2) is 5.09. The van der Waals surface area contributed by atoms with Gasteiger partial charge in [-0.15, -0.1) is 0 Å². The molecule has 148 valence electrons. The predicted octanol–water partition coefficient (Wildman–Crippen LogP) is 8.34. The summed E-state index contributed by atoms with van der Waals surface area (Å²) in [5.74, 6) is 0. The number of rotatable bonds is 0. The van der Waals surface area contributed by atoms with Crippen molar-refractivity contribution in [3.63, 3.8) is 0 Å². The highest BCUT2D eigenvalue weighted by molar-refractivity contribution is 5.45. The summed E-state index contributed by atoms with van der Waals surface area (Å²) >= 11 is 0. The van der Waals surface area contributed by atoms with Crippen LogP contribution in [0.3, 0.4) is 0 Å². The van der Waals surface area contributed by atoms with Gasteiger partial charge >= 0.3 is 0 Å². The van der Waals surface area contributed by atoms with Gasteiger partial charge < -0.3 is 0 Å². The highest BCUT2D eigenvalue weighted by Crippen LogP contribution is 2.71. The maximum absolute atomic E-state index is 2.52. The van der Waals surface area contributed by atoms with Gasteiger partial charge in [-0.1, -0.05) is 105 Å². The minimum Gasteiger partial charge on any atom is -0.0639 e. The first kappa shape index (κ1) is 20.2. The summed E-state index contributed by atoms with van der Waals surface area (Å²) in [6.07, 6.45) is 5.07. The fraction of sp³-hybridized carbons (Fsp3) is 0.846. The number of hydrogen-bond donors (Lipinski definition) is 0. The van der Waals surface area contributed by atoms with Crippen molar-refractivity contribution >= 4 is 0 Å². The van der Waals surface area contributed by atoms with Crippen LogP contribution < -0.4 is 0 Å². The molecule has 0 amide bonds. The zero-order valence-corrected chi connectivity index (χ0v) is 19.8. The molecular weight excluding hydrogens is 312 g/mol. The molecule has 3 aliphatic carbocycles. The summed E-state index contributed by atoms with van der Waals surface area (Å²) in [7, 11) is 0. The molecule has 26 heavy (non-hydrogen) atoms. The zero-order valence-electron chi connectivity index (χ0n) is 19.8. The topological polar surface area (TPSA) is 0 Å². The third kappa shape index (κ3) is 1.98. The van der Waals surface area contributed by atoms with Gasteiger partial charge in [0, 0.05) is 0 Å². The molecule has 0 bridgehead atoms. The summed E-state index contributed by atoms with van der Waals surface area (Å²) in [6, 6.07) is 0. The first-order chi connectivity index (χ1) is 11.5. The molecule has 0 N–H and O–H groups in total. The van der Waals surface area contributed by atoms with Crippen LogP contribution in [0.4, 0.5) is 0 Å². The molecule has 0 spiro atoms. The minimum absolute atomic E-state index is 0.289. The van der Waals surface area contributed by atoms with Crippen LogP contribution >= 0.6 is 0 Å². The van der Waals surface area contributed by atoms with Crippen molar-refractivity contribution in [3.8, 4) is 0 Å². The van der Waals surface area contributed by atoms with Crippen molar-refractivity contribution in [1.82, 2.24) is 0 Å². The van der Waals surface area contributed by atoms with Gasteiger partial charge in [0.15, 0.2) is 0 Å². The fourth-order valence-corrected chi connectivity index (χ4v) is 6.93. The standard InChI is InChI=1S/C26H44/c1-21(2)17-13-14-19-20(24(7,8)26(11,12)23(19,5)6)16-15-18(17)22(3,4)25(21,9)10/h13-16H2,1-12H3. The van der Waals surface area contributed by atoms with Gasteiger partial charge in [0.1, 0.15) is 0 Å². The Kier molecular flexibility index (Phi) is 3.96. The second-order valence-electron chi connectivity index (χ2n) is 12.7. The number of hydrogen-bond acceptors (Lipinski definition) is 0. The Morgan fingerprint density at radius 1 is 0.346 bits per heavy atom. The Labute approximate surface area is 163 Å². The lowest BCUT2D eigenvalue weighted by atomic mass is 9.56. The quantitative estimate of drug-likeness (QED) is 0.383. The molecule has 0 aromatic carbocycles. The van der Waals surface area contributed by atoms with Crippen molar-refractivity contribution in [2.75, 3.05) is 0 Å². The van der Waals surface area contributed by atoms with E-state index in [1.54, 1.807) is 22.3 Å². The van der Waals surface area contributed by atoms with Crippen LogP contribution in [0.25, 0.3) is 0 Å². The average Bonchev–Trinajstić information content (AvgIpc) is 2.58. The van der Waals surface area contributed by atoms with E-state index in [4.69, 9.17) is 0 Å². The molecule has 0 atom stereocenters. The van der Waals surface area contributed by atoms with Crippen molar-refractivity contribution in [3.05, 3.63) is 22.3 Å². The molecule has 0 heterocycles. The smallest absolute Gasteiger partial charge is 0.00824 e. The Morgan fingerprint density at radius 3 is 0.654 bits per heavy atom. The normalized spacial score (nSPS) is 32.8. The first-order valence-electron chi connectivity index (χ1n) is 10.9. The molecule has 3 rings (SSSR count). The zero-order chi connectivity index (χ0) is 20.1. The van der Waals surface area contributed by atoms with Crippen molar-refractivity contribution in [2.24, 2.45) is 32.5 Å². The van der Waals surface area contributed by atoms with E-state index in [0.717, 1.165) is 0 Å².